The largest absolute Gasteiger partial charge is 0.459 e. The summed E-state index contributed by atoms with van der Waals surface area (Å²) in [6, 6.07) is 3.83. The number of benzene rings is 1. The van der Waals surface area contributed by atoms with Crippen molar-refractivity contribution >= 4 is 41.0 Å². The number of likely N-dealkylation sites (N-methyl/N-ethyl adjacent to an activating group) is 1. The fourth-order valence-corrected chi connectivity index (χ4v) is 8.67. The van der Waals surface area contributed by atoms with Crippen LogP contribution in [0.15, 0.2) is 18.2 Å². The molecule has 0 saturated carbocycles. The van der Waals surface area contributed by atoms with Crippen LogP contribution in [-0.4, -0.2) is 107 Å². The molecule has 5 N–H and O–H groups in total. The lowest BCUT2D eigenvalue weighted by Crippen LogP contribution is -2.59. The monoisotopic (exact) mass is 745 g/mol. The van der Waals surface area contributed by atoms with Gasteiger partial charge in [-0.1, -0.05) is 50.9 Å². The highest BCUT2D eigenvalue weighted by Crippen LogP contribution is 2.45. The van der Waals surface area contributed by atoms with E-state index < -0.39 is 71.8 Å². The van der Waals surface area contributed by atoms with E-state index in [2.05, 4.69) is 5.32 Å². The third-order valence-corrected chi connectivity index (χ3v) is 11.7. The Morgan fingerprint density at radius 3 is 2.42 bits per heavy atom. The number of hydrogen-bond acceptors (Lipinski definition) is 11. The minimum absolute atomic E-state index is 0.126. The van der Waals surface area contributed by atoms with E-state index in [1.807, 2.05) is 53.6 Å². The van der Waals surface area contributed by atoms with Crippen molar-refractivity contribution in [1.82, 2.24) is 4.90 Å². The number of aliphatic hydroxyl groups excluding tert-OH is 1. The van der Waals surface area contributed by atoms with Crippen LogP contribution in [0.4, 0.5) is 10.5 Å². The summed E-state index contributed by atoms with van der Waals surface area (Å²) >= 11 is 12.5. The molecule has 2 bridgehead atoms. The maximum absolute atomic E-state index is 14.1. The van der Waals surface area contributed by atoms with Gasteiger partial charge in [-0.2, -0.15) is 0 Å². The summed E-state index contributed by atoms with van der Waals surface area (Å²) in [5.41, 5.74) is 4.38. The highest BCUT2D eigenvalue weighted by atomic mass is 35.5. The molecule has 0 radical (unpaired) electrons. The normalized spacial score (nSPS) is 43.0. The summed E-state index contributed by atoms with van der Waals surface area (Å²) < 4.78 is 31.7. The first-order valence-corrected chi connectivity index (χ1v) is 18.4. The van der Waals surface area contributed by atoms with Crippen molar-refractivity contribution in [1.29, 1.82) is 0 Å². The number of amides is 1. The zero-order valence-electron chi connectivity index (χ0n) is 30.9. The Balaban J connectivity index is 1.80. The van der Waals surface area contributed by atoms with Crippen LogP contribution >= 0.6 is 23.2 Å². The van der Waals surface area contributed by atoms with Crippen molar-refractivity contribution in [2.75, 3.05) is 19.4 Å². The summed E-state index contributed by atoms with van der Waals surface area (Å²) in [6.45, 7) is 14.6. The molecule has 1 amide bonds. The zero-order valence-corrected chi connectivity index (χ0v) is 32.4. The Labute approximate surface area is 306 Å². The van der Waals surface area contributed by atoms with Gasteiger partial charge in [0.05, 0.1) is 40.5 Å². The van der Waals surface area contributed by atoms with Gasteiger partial charge in [0, 0.05) is 28.9 Å². The van der Waals surface area contributed by atoms with Crippen LogP contribution in [0.3, 0.4) is 0 Å². The zero-order chi connectivity index (χ0) is 37.5. The number of carbonyl (C=O) groups is 2. The molecule has 0 aromatic heterocycles. The average Bonchev–Trinajstić information content (AvgIpc) is 3.27. The van der Waals surface area contributed by atoms with Gasteiger partial charge in [0.1, 0.15) is 23.9 Å². The van der Waals surface area contributed by atoms with Gasteiger partial charge in [0.15, 0.2) is 6.29 Å². The minimum atomic E-state index is -1.61. The first-order valence-electron chi connectivity index (χ1n) is 17.7. The molecule has 12 nitrogen and oxygen atoms in total. The molecule has 3 fully saturated rings. The van der Waals surface area contributed by atoms with Crippen molar-refractivity contribution < 1.29 is 43.5 Å². The molecule has 0 aliphatic carbocycles. The molecule has 284 valence electrons. The van der Waals surface area contributed by atoms with E-state index in [4.69, 9.17) is 52.6 Å². The summed E-state index contributed by atoms with van der Waals surface area (Å²) in [5.74, 6) is -2.91. The Morgan fingerprint density at radius 2 is 1.80 bits per heavy atom. The lowest BCUT2D eigenvalue weighted by Gasteiger charge is -2.47. The van der Waals surface area contributed by atoms with Gasteiger partial charge in [-0.25, -0.2) is 4.79 Å². The molecular weight excluding hydrogens is 689 g/mol. The number of halogens is 2. The van der Waals surface area contributed by atoms with Crippen molar-refractivity contribution in [3.8, 4) is 0 Å². The third kappa shape index (κ3) is 8.55. The number of rotatable bonds is 6. The number of nitrogens with zero attached hydrogens (tertiary/aromatic N) is 1. The second-order valence-corrected chi connectivity index (χ2v) is 16.3. The van der Waals surface area contributed by atoms with Crippen molar-refractivity contribution in [2.45, 2.75) is 141 Å². The highest BCUT2D eigenvalue weighted by molar-refractivity contribution is 6.35. The number of anilines is 1. The van der Waals surface area contributed by atoms with Gasteiger partial charge >= 0.3 is 12.1 Å². The molecular formula is C36H57Cl2N3O9. The number of nitrogens with one attached hydrogen (secondary N) is 1. The quantitative estimate of drug-likeness (QED) is 0.282. The number of ether oxygens (including phenoxy) is 5. The third-order valence-electron chi connectivity index (χ3n) is 11.1. The number of nitrogens with two attached hydrogens (primary N) is 1. The average molecular weight is 747 g/mol. The first kappa shape index (κ1) is 41.0. The van der Waals surface area contributed by atoms with Crippen LogP contribution in [0.5, 0.6) is 0 Å². The number of hydrogen-bond donors (Lipinski definition) is 4. The fourth-order valence-electron chi connectivity index (χ4n) is 8.33. The van der Waals surface area contributed by atoms with Crippen molar-refractivity contribution in [3.05, 3.63) is 28.2 Å². The Morgan fingerprint density at radius 1 is 1.14 bits per heavy atom. The van der Waals surface area contributed by atoms with E-state index in [1.165, 1.54) is 12.1 Å². The Hall–Kier alpha value is -1.74. The number of esters is 1. The van der Waals surface area contributed by atoms with E-state index in [0.717, 1.165) is 0 Å². The second kappa shape index (κ2) is 16.1. The van der Waals surface area contributed by atoms with E-state index >= 15 is 0 Å². The highest BCUT2D eigenvalue weighted by Gasteiger charge is 2.57. The maximum Gasteiger partial charge on any atom is 0.411 e. The van der Waals surface area contributed by atoms with Crippen LogP contribution in [0.1, 0.15) is 74.7 Å². The maximum atomic E-state index is 14.1. The lowest BCUT2D eigenvalue weighted by molar-refractivity contribution is -0.299. The fraction of sp³-hybridized carbons (Fsp3) is 0.778. The molecule has 15 atom stereocenters. The lowest BCUT2D eigenvalue weighted by atomic mass is 9.75. The molecule has 3 heterocycles. The molecule has 3 saturated heterocycles. The predicted octanol–water partition coefficient (Wildman–Crippen LogP) is 5.23. The summed E-state index contributed by atoms with van der Waals surface area (Å²) in [7, 11) is 3.74. The van der Waals surface area contributed by atoms with Gasteiger partial charge in [-0.3, -0.25) is 10.1 Å². The van der Waals surface area contributed by atoms with E-state index in [-0.39, 0.29) is 47.2 Å². The van der Waals surface area contributed by atoms with Gasteiger partial charge in [0.2, 0.25) is 0 Å². The minimum Gasteiger partial charge on any atom is -0.459 e. The molecule has 1 aromatic carbocycles. The van der Waals surface area contributed by atoms with Crippen LogP contribution in [-0.2, 0) is 28.5 Å². The molecule has 4 rings (SSSR count). The number of aliphatic hydroxyl groups is 2. The molecule has 14 heteroatoms. The second-order valence-electron chi connectivity index (χ2n) is 15.4. The van der Waals surface area contributed by atoms with Crippen LogP contribution in [0, 0.1) is 23.7 Å². The summed E-state index contributed by atoms with van der Waals surface area (Å²) in [4.78, 5) is 29.5. The summed E-state index contributed by atoms with van der Waals surface area (Å²) in [6.07, 6.45) is -5.61. The van der Waals surface area contributed by atoms with Crippen LogP contribution in [0.25, 0.3) is 0 Å². The molecule has 3 aliphatic rings. The molecule has 1 unspecified atom stereocenters. The molecule has 0 spiro atoms. The predicted molar refractivity (Wildman–Crippen MR) is 191 cm³/mol. The van der Waals surface area contributed by atoms with Crippen LogP contribution in [0.2, 0.25) is 10.0 Å². The van der Waals surface area contributed by atoms with E-state index in [1.54, 1.807) is 26.8 Å². The summed E-state index contributed by atoms with van der Waals surface area (Å²) in [5, 5.41) is 27.1. The molecule has 3 aliphatic heterocycles. The smallest absolute Gasteiger partial charge is 0.411 e. The number of fused-ring (bicyclic) bond motifs is 2. The van der Waals surface area contributed by atoms with Gasteiger partial charge < -0.3 is 44.5 Å². The standard InChI is InChI=1S/C36H57Cl2N3O9/c1-11-26-36(8)30(39)19(4)28(50-36)17(2)16-35(7,45)31(49-33-27(42)25(41(9)10)14-18(3)46-33)20(5)29(21(6)32(43)47-26)48-34(44)40-24-15-22(37)12-13-23(24)38/h12-13,15,17-21,25-31,33,42,45H,11,14,16,39H2,1-10H3,(H,40,44)/t17-,18-,19+,20+,21-,25+,26-,27-,28+,29+,30+,31-,33+,35+,36?/m1/s1. The topological polar surface area (TPSA) is 162 Å². The Kier molecular flexibility index (Phi) is 13.2. The van der Waals surface area contributed by atoms with E-state index in [9.17, 15) is 19.8 Å². The van der Waals surface area contributed by atoms with Crippen LogP contribution < -0.4 is 11.1 Å². The van der Waals surface area contributed by atoms with Crippen molar-refractivity contribution in [3.63, 3.8) is 0 Å². The number of carbonyl (C=O) groups excluding carboxylic acids is 2. The van der Waals surface area contributed by atoms with Gasteiger partial charge in [0.25, 0.3) is 0 Å². The van der Waals surface area contributed by atoms with Crippen molar-refractivity contribution in [2.24, 2.45) is 29.4 Å². The van der Waals surface area contributed by atoms with Gasteiger partial charge in [-0.15, -0.1) is 0 Å². The van der Waals surface area contributed by atoms with Gasteiger partial charge in [-0.05, 0) is 85.2 Å². The molecule has 50 heavy (non-hydrogen) atoms. The van der Waals surface area contributed by atoms with E-state index in [0.29, 0.717) is 17.9 Å². The first-order chi connectivity index (χ1) is 23.2. The SMILES string of the molecule is CC[C@H]1OC(=O)[C@H](C)[C@@H](OC(=O)Nc2cc(Cl)ccc2Cl)[C@H](C)[C@@H](O[C@@H]2O[C@H](C)C[C@H](N(C)C)[C@H]2O)[C@@](C)(O)C[C@@H](C)[C@@H]2OC1(C)[C@@H](N)[C@H]2C. The molecule has 1 aromatic rings. The number of cyclic esters (lactones) is 1. The Bertz CT molecular complexity index is 1350.